The van der Waals surface area contributed by atoms with Crippen molar-refractivity contribution in [3.8, 4) is 0 Å². The smallest absolute Gasteiger partial charge is 0.305 e. The van der Waals surface area contributed by atoms with Crippen molar-refractivity contribution in [2.45, 2.75) is 44.7 Å². The lowest BCUT2D eigenvalue weighted by Crippen LogP contribution is -2.46. The number of urea groups is 1. The van der Waals surface area contributed by atoms with Crippen molar-refractivity contribution in [2.24, 2.45) is 0 Å². The maximum atomic E-state index is 12.1. The minimum absolute atomic E-state index is 0.150. The monoisotopic (exact) mass is 292 g/mol. The summed E-state index contributed by atoms with van der Waals surface area (Å²) in [4.78, 5) is 25.9. The SMILES string of the molecule is Cc1ccc(CN2C(=O)NC(=O)C23CCCC3)c(Cl)c1. The fraction of sp³-hybridized carbons (Fsp3) is 0.467. The van der Waals surface area contributed by atoms with Gasteiger partial charge in [-0.1, -0.05) is 36.6 Å². The highest BCUT2D eigenvalue weighted by Gasteiger charge is 2.53. The zero-order valence-corrected chi connectivity index (χ0v) is 12.2. The van der Waals surface area contributed by atoms with Crippen LogP contribution in [0.25, 0.3) is 0 Å². The van der Waals surface area contributed by atoms with Gasteiger partial charge in [0.2, 0.25) is 0 Å². The highest BCUT2D eigenvalue weighted by molar-refractivity contribution is 6.31. The van der Waals surface area contributed by atoms with Crippen LogP contribution < -0.4 is 5.32 Å². The maximum absolute atomic E-state index is 12.1. The quantitative estimate of drug-likeness (QED) is 0.852. The number of hydrogen-bond acceptors (Lipinski definition) is 2. The molecule has 1 saturated heterocycles. The van der Waals surface area contributed by atoms with E-state index >= 15 is 0 Å². The van der Waals surface area contributed by atoms with Gasteiger partial charge in [-0.3, -0.25) is 10.1 Å². The summed E-state index contributed by atoms with van der Waals surface area (Å²) >= 11 is 6.24. The third-order valence-electron chi connectivity index (χ3n) is 4.37. The van der Waals surface area contributed by atoms with E-state index in [1.165, 1.54) is 0 Å². The van der Waals surface area contributed by atoms with Gasteiger partial charge in [0.05, 0.1) is 0 Å². The van der Waals surface area contributed by atoms with Gasteiger partial charge in [0.25, 0.3) is 5.91 Å². The second-order valence-electron chi connectivity index (χ2n) is 5.68. The summed E-state index contributed by atoms with van der Waals surface area (Å²) in [6, 6.07) is 5.48. The van der Waals surface area contributed by atoms with Crippen molar-refractivity contribution in [3.05, 3.63) is 34.3 Å². The summed E-state index contributed by atoms with van der Waals surface area (Å²) in [7, 11) is 0. The molecule has 1 saturated carbocycles. The minimum Gasteiger partial charge on any atom is -0.305 e. The van der Waals surface area contributed by atoms with Gasteiger partial charge in [-0.25, -0.2) is 4.79 Å². The first kappa shape index (κ1) is 13.4. The van der Waals surface area contributed by atoms with Gasteiger partial charge in [0.15, 0.2) is 0 Å². The van der Waals surface area contributed by atoms with Gasteiger partial charge in [-0.15, -0.1) is 0 Å². The van der Waals surface area contributed by atoms with Crippen molar-refractivity contribution in [3.63, 3.8) is 0 Å². The highest BCUT2D eigenvalue weighted by atomic mass is 35.5. The van der Waals surface area contributed by atoms with E-state index in [1.54, 1.807) is 4.90 Å². The molecule has 1 heterocycles. The molecule has 3 amide bonds. The first-order chi connectivity index (χ1) is 9.53. The Labute approximate surface area is 123 Å². The fourth-order valence-corrected chi connectivity index (χ4v) is 3.52. The number of halogens is 1. The van der Waals surface area contributed by atoms with Crippen LogP contribution in [0.2, 0.25) is 5.02 Å². The topological polar surface area (TPSA) is 49.4 Å². The zero-order valence-electron chi connectivity index (χ0n) is 11.4. The molecule has 0 aromatic heterocycles. The first-order valence-electron chi connectivity index (χ1n) is 6.91. The summed E-state index contributed by atoms with van der Waals surface area (Å²) in [5.74, 6) is -0.150. The molecule has 1 N–H and O–H groups in total. The van der Waals surface area contributed by atoms with E-state index in [9.17, 15) is 9.59 Å². The molecule has 0 radical (unpaired) electrons. The third-order valence-corrected chi connectivity index (χ3v) is 4.72. The molecule has 1 aromatic carbocycles. The molecule has 20 heavy (non-hydrogen) atoms. The van der Waals surface area contributed by atoms with E-state index in [0.29, 0.717) is 11.6 Å². The van der Waals surface area contributed by atoms with Gasteiger partial charge in [-0.05, 0) is 37.0 Å². The average Bonchev–Trinajstić information content (AvgIpc) is 2.95. The molecule has 3 rings (SSSR count). The van der Waals surface area contributed by atoms with E-state index in [1.807, 2.05) is 25.1 Å². The number of nitrogens with zero attached hydrogens (tertiary/aromatic N) is 1. The number of carbonyl (C=O) groups excluding carboxylic acids is 2. The molecule has 0 bridgehead atoms. The Kier molecular flexibility index (Phi) is 3.21. The molecular weight excluding hydrogens is 276 g/mol. The number of hydrogen-bond donors (Lipinski definition) is 1. The molecule has 106 valence electrons. The first-order valence-corrected chi connectivity index (χ1v) is 7.29. The Hall–Kier alpha value is -1.55. The number of carbonyl (C=O) groups is 2. The molecule has 0 atom stereocenters. The second-order valence-corrected chi connectivity index (χ2v) is 6.09. The van der Waals surface area contributed by atoms with Gasteiger partial charge in [-0.2, -0.15) is 0 Å². The van der Waals surface area contributed by atoms with Crippen molar-refractivity contribution in [2.75, 3.05) is 0 Å². The summed E-state index contributed by atoms with van der Waals surface area (Å²) in [6.45, 7) is 2.36. The van der Waals surface area contributed by atoms with Crippen molar-refractivity contribution >= 4 is 23.5 Å². The van der Waals surface area contributed by atoms with Crippen LogP contribution in [-0.2, 0) is 11.3 Å². The van der Waals surface area contributed by atoms with E-state index in [-0.39, 0.29) is 11.9 Å². The molecular formula is C15H17ClN2O2. The number of benzene rings is 1. The van der Waals surface area contributed by atoms with Gasteiger partial charge < -0.3 is 4.90 Å². The third kappa shape index (κ3) is 1.99. The van der Waals surface area contributed by atoms with Crippen LogP contribution in [0.4, 0.5) is 4.79 Å². The fourth-order valence-electron chi connectivity index (χ4n) is 3.23. The number of rotatable bonds is 2. The summed E-state index contributed by atoms with van der Waals surface area (Å²) in [5, 5.41) is 3.10. The summed E-state index contributed by atoms with van der Waals surface area (Å²) in [6.07, 6.45) is 3.46. The standard InChI is InChI=1S/C15H17ClN2O2/c1-10-4-5-11(12(16)8-10)9-18-14(20)17-13(19)15(18)6-2-3-7-15/h4-5,8H,2-3,6-7,9H2,1H3,(H,17,19,20). The molecule has 2 fully saturated rings. The molecule has 5 heteroatoms. The lowest BCUT2D eigenvalue weighted by molar-refractivity contribution is -0.126. The zero-order chi connectivity index (χ0) is 14.3. The van der Waals surface area contributed by atoms with Crippen molar-refractivity contribution < 1.29 is 9.59 Å². The van der Waals surface area contributed by atoms with Crippen LogP contribution in [0, 0.1) is 6.92 Å². The number of imide groups is 1. The second kappa shape index (κ2) is 4.77. The van der Waals surface area contributed by atoms with Gasteiger partial charge >= 0.3 is 6.03 Å². The van der Waals surface area contributed by atoms with E-state index < -0.39 is 5.54 Å². The van der Waals surface area contributed by atoms with Crippen LogP contribution >= 0.6 is 11.6 Å². The van der Waals surface area contributed by atoms with Crippen LogP contribution in [0.3, 0.4) is 0 Å². The van der Waals surface area contributed by atoms with E-state index in [2.05, 4.69) is 5.32 Å². The lowest BCUT2D eigenvalue weighted by atomic mass is 9.95. The molecule has 1 aromatic rings. The van der Waals surface area contributed by atoms with Crippen molar-refractivity contribution in [1.29, 1.82) is 0 Å². The Balaban J connectivity index is 1.92. The Morgan fingerprint density at radius 3 is 2.65 bits per heavy atom. The Morgan fingerprint density at radius 2 is 2.00 bits per heavy atom. The Morgan fingerprint density at radius 1 is 1.30 bits per heavy atom. The average molecular weight is 293 g/mol. The summed E-state index contributed by atoms with van der Waals surface area (Å²) in [5.41, 5.74) is 1.32. The Bertz CT molecular complexity index is 579. The van der Waals surface area contributed by atoms with Crippen LogP contribution in [0.1, 0.15) is 36.8 Å². The number of aryl methyl sites for hydroxylation is 1. The van der Waals surface area contributed by atoms with Crippen LogP contribution in [0.5, 0.6) is 0 Å². The highest BCUT2D eigenvalue weighted by Crippen LogP contribution is 2.40. The predicted octanol–water partition coefficient (Wildman–Crippen LogP) is 3.01. The minimum atomic E-state index is -0.648. The summed E-state index contributed by atoms with van der Waals surface area (Å²) < 4.78 is 0. The number of nitrogens with one attached hydrogen (secondary N) is 1. The normalized spacial score (nSPS) is 20.8. The van der Waals surface area contributed by atoms with E-state index in [0.717, 1.165) is 36.8 Å². The van der Waals surface area contributed by atoms with Gasteiger partial charge in [0, 0.05) is 11.6 Å². The van der Waals surface area contributed by atoms with Crippen LogP contribution in [-0.4, -0.2) is 22.4 Å². The van der Waals surface area contributed by atoms with Gasteiger partial charge in [0.1, 0.15) is 5.54 Å². The van der Waals surface area contributed by atoms with Crippen molar-refractivity contribution in [1.82, 2.24) is 10.2 Å². The molecule has 1 spiro atoms. The lowest BCUT2D eigenvalue weighted by Gasteiger charge is -2.31. The molecule has 4 nitrogen and oxygen atoms in total. The largest absolute Gasteiger partial charge is 0.325 e. The van der Waals surface area contributed by atoms with E-state index in [4.69, 9.17) is 11.6 Å². The predicted molar refractivity (Wildman–Crippen MR) is 76.5 cm³/mol. The molecule has 1 aliphatic carbocycles. The number of amides is 3. The molecule has 2 aliphatic rings. The van der Waals surface area contributed by atoms with Crippen LogP contribution in [0.15, 0.2) is 18.2 Å². The molecule has 0 unspecified atom stereocenters. The molecule has 1 aliphatic heterocycles. The maximum Gasteiger partial charge on any atom is 0.325 e.